The SMILES string of the molecule is NC(=O)CC#Cc1cc(F)cc(F)c1N. The lowest BCUT2D eigenvalue weighted by Gasteiger charge is -1.99. The van der Waals surface area contributed by atoms with Gasteiger partial charge in [-0.2, -0.15) is 0 Å². The monoisotopic (exact) mass is 210 g/mol. The van der Waals surface area contributed by atoms with Crippen LogP contribution < -0.4 is 11.5 Å². The Bertz CT molecular complexity index is 460. The van der Waals surface area contributed by atoms with E-state index in [0.717, 1.165) is 6.07 Å². The summed E-state index contributed by atoms with van der Waals surface area (Å²) in [6, 6.07) is 1.65. The third-order valence-corrected chi connectivity index (χ3v) is 1.58. The van der Waals surface area contributed by atoms with E-state index in [0.29, 0.717) is 6.07 Å². The van der Waals surface area contributed by atoms with Gasteiger partial charge in [-0.15, -0.1) is 0 Å². The summed E-state index contributed by atoms with van der Waals surface area (Å²) in [6.07, 6.45) is -0.183. The Balaban J connectivity index is 3.02. The van der Waals surface area contributed by atoms with Crippen LogP contribution in [0.15, 0.2) is 12.1 Å². The molecule has 5 heteroatoms. The normalized spacial score (nSPS) is 9.20. The van der Waals surface area contributed by atoms with Gasteiger partial charge in [-0.25, -0.2) is 8.78 Å². The van der Waals surface area contributed by atoms with Gasteiger partial charge in [0.15, 0.2) is 0 Å². The van der Waals surface area contributed by atoms with E-state index in [1.54, 1.807) is 0 Å². The van der Waals surface area contributed by atoms with Crippen molar-refractivity contribution in [1.29, 1.82) is 0 Å². The maximum atomic E-state index is 12.9. The van der Waals surface area contributed by atoms with Crippen molar-refractivity contribution in [2.45, 2.75) is 6.42 Å². The van der Waals surface area contributed by atoms with Crippen LogP contribution in [-0.4, -0.2) is 5.91 Å². The molecule has 78 valence electrons. The van der Waals surface area contributed by atoms with Crippen LogP contribution in [0.1, 0.15) is 12.0 Å². The van der Waals surface area contributed by atoms with E-state index < -0.39 is 17.5 Å². The fourth-order valence-corrected chi connectivity index (χ4v) is 0.915. The molecule has 0 aliphatic rings. The molecule has 0 aliphatic carbocycles. The maximum Gasteiger partial charge on any atom is 0.229 e. The van der Waals surface area contributed by atoms with E-state index in [1.165, 1.54) is 0 Å². The lowest BCUT2D eigenvalue weighted by molar-refractivity contribution is -0.117. The van der Waals surface area contributed by atoms with Crippen LogP contribution in [0.25, 0.3) is 0 Å². The average molecular weight is 210 g/mol. The predicted octanol–water partition coefficient (Wildman–Crippen LogP) is 0.774. The van der Waals surface area contributed by atoms with Crippen molar-refractivity contribution in [1.82, 2.24) is 0 Å². The molecule has 0 saturated carbocycles. The minimum Gasteiger partial charge on any atom is -0.395 e. The highest BCUT2D eigenvalue weighted by Gasteiger charge is 2.05. The summed E-state index contributed by atoms with van der Waals surface area (Å²) < 4.78 is 25.6. The van der Waals surface area contributed by atoms with Gasteiger partial charge in [-0.05, 0) is 6.07 Å². The summed E-state index contributed by atoms with van der Waals surface area (Å²) in [5, 5.41) is 0. The van der Waals surface area contributed by atoms with E-state index in [1.807, 2.05) is 0 Å². The van der Waals surface area contributed by atoms with Crippen molar-refractivity contribution in [3.63, 3.8) is 0 Å². The van der Waals surface area contributed by atoms with Crippen LogP contribution in [0, 0.1) is 23.5 Å². The van der Waals surface area contributed by atoms with Gasteiger partial charge >= 0.3 is 0 Å². The van der Waals surface area contributed by atoms with Gasteiger partial charge in [0.2, 0.25) is 5.91 Å². The molecule has 0 atom stereocenters. The number of benzene rings is 1. The maximum absolute atomic E-state index is 12.9. The molecular formula is C10H8F2N2O. The molecule has 1 rings (SSSR count). The minimum atomic E-state index is -0.877. The molecule has 0 aliphatic heterocycles. The molecule has 0 spiro atoms. The third kappa shape index (κ3) is 2.95. The fourth-order valence-electron chi connectivity index (χ4n) is 0.915. The van der Waals surface area contributed by atoms with Crippen molar-refractivity contribution in [2.75, 3.05) is 5.73 Å². The number of hydrogen-bond acceptors (Lipinski definition) is 2. The van der Waals surface area contributed by atoms with Crippen molar-refractivity contribution in [2.24, 2.45) is 5.73 Å². The summed E-state index contributed by atoms with van der Waals surface area (Å²) in [6.45, 7) is 0. The molecule has 0 bridgehead atoms. The number of nitrogens with two attached hydrogens (primary N) is 2. The largest absolute Gasteiger partial charge is 0.395 e. The summed E-state index contributed by atoms with van der Waals surface area (Å²) in [5.74, 6) is 2.47. The number of carbonyl (C=O) groups is 1. The molecule has 4 N–H and O–H groups in total. The Kier molecular flexibility index (Phi) is 3.24. The highest BCUT2D eigenvalue weighted by atomic mass is 19.1. The summed E-state index contributed by atoms with van der Waals surface area (Å²) in [7, 11) is 0. The van der Waals surface area contributed by atoms with Gasteiger partial charge in [0.25, 0.3) is 0 Å². The first-order valence-corrected chi connectivity index (χ1v) is 4.02. The lowest BCUT2D eigenvalue weighted by Crippen LogP contribution is -2.08. The predicted molar refractivity (Wildman–Crippen MR) is 51.5 cm³/mol. The van der Waals surface area contributed by atoms with E-state index in [4.69, 9.17) is 11.5 Å². The van der Waals surface area contributed by atoms with Gasteiger partial charge < -0.3 is 11.5 Å². The van der Waals surface area contributed by atoms with Crippen LogP contribution in [0.5, 0.6) is 0 Å². The quantitative estimate of drug-likeness (QED) is 0.531. The molecule has 3 nitrogen and oxygen atoms in total. The number of primary amides is 1. The number of carbonyl (C=O) groups excluding carboxylic acids is 1. The average Bonchev–Trinajstić information content (AvgIpc) is 2.12. The molecular weight excluding hydrogens is 202 g/mol. The van der Waals surface area contributed by atoms with E-state index in [9.17, 15) is 13.6 Å². The molecule has 0 saturated heterocycles. The zero-order valence-electron chi connectivity index (χ0n) is 7.68. The van der Waals surface area contributed by atoms with Crippen molar-refractivity contribution in [3.05, 3.63) is 29.3 Å². The number of hydrogen-bond donors (Lipinski definition) is 2. The van der Waals surface area contributed by atoms with Crippen LogP contribution in [0.2, 0.25) is 0 Å². The smallest absolute Gasteiger partial charge is 0.229 e. The Morgan fingerprint density at radius 2 is 2.07 bits per heavy atom. The zero-order chi connectivity index (χ0) is 11.4. The van der Waals surface area contributed by atoms with Crippen LogP contribution >= 0.6 is 0 Å². The first-order valence-electron chi connectivity index (χ1n) is 4.02. The first-order chi connectivity index (χ1) is 7.00. The van der Waals surface area contributed by atoms with Crippen LogP contribution in [0.3, 0.4) is 0 Å². The summed E-state index contributed by atoms with van der Waals surface area (Å²) in [5.41, 5.74) is 9.91. The topological polar surface area (TPSA) is 69.1 Å². The second-order valence-electron chi connectivity index (χ2n) is 2.79. The van der Waals surface area contributed by atoms with Gasteiger partial charge in [0.05, 0.1) is 17.7 Å². The van der Waals surface area contributed by atoms with Crippen LogP contribution in [-0.2, 0) is 4.79 Å². The number of amides is 1. The molecule has 1 aromatic carbocycles. The lowest BCUT2D eigenvalue weighted by atomic mass is 10.1. The number of rotatable bonds is 1. The fraction of sp³-hybridized carbons (Fsp3) is 0.100. The molecule has 0 aromatic heterocycles. The number of anilines is 1. The Labute approximate surface area is 85.1 Å². The summed E-state index contributed by atoms with van der Waals surface area (Å²) >= 11 is 0. The Hall–Kier alpha value is -2.09. The minimum absolute atomic E-state index is 0.00810. The highest BCUT2D eigenvalue weighted by molar-refractivity contribution is 5.76. The van der Waals surface area contributed by atoms with Gasteiger partial charge in [-0.3, -0.25) is 4.79 Å². The van der Waals surface area contributed by atoms with E-state index in [-0.39, 0.29) is 17.7 Å². The molecule has 0 heterocycles. The van der Waals surface area contributed by atoms with E-state index in [2.05, 4.69) is 11.8 Å². The van der Waals surface area contributed by atoms with Crippen molar-refractivity contribution in [3.8, 4) is 11.8 Å². The van der Waals surface area contributed by atoms with Gasteiger partial charge in [0.1, 0.15) is 11.6 Å². The zero-order valence-corrected chi connectivity index (χ0v) is 7.68. The third-order valence-electron chi connectivity index (χ3n) is 1.58. The van der Waals surface area contributed by atoms with Gasteiger partial charge in [0, 0.05) is 6.07 Å². The molecule has 0 fully saturated rings. The van der Waals surface area contributed by atoms with Crippen molar-refractivity contribution < 1.29 is 13.6 Å². The molecule has 0 unspecified atom stereocenters. The second kappa shape index (κ2) is 4.42. The second-order valence-corrected chi connectivity index (χ2v) is 2.79. The molecule has 1 amide bonds. The number of halogens is 2. The van der Waals surface area contributed by atoms with Crippen LogP contribution in [0.4, 0.5) is 14.5 Å². The first kappa shape index (κ1) is 11.0. The molecule has 0 radical (unpaired) electrons. The van der Waals surface area contributed by atoms with E-state index >= 15 is 0 Å². The number of nitrogen functional groups attached to an aromatic ring is 1. The molecule has 1 aromatic rings. The Morgan fingerprint density at radius 1 is 1.40 bits per heavy atom. The molecule has 15 heavy (non-hydrogen) atoms. The Morgan fingerprint density at radius 3 is 2.67 bits per heavy atom. The summed E-state index contributed by atoms with van der Waals surface area (Å²) in [4.78, 5) is 10.3. The standard InChI is InChI=1S/C10H8F2N2O/c11-7-4-6(2-1-3-9(13)15)10(14)8(12)5-7/h4-5H,3,14H2,(H2,13,15). The highest BCUT2D eigenvalue weighted by Crippen LogP contribution is 2.16. The van der Waals surface area contributed by atoms with Gasteiger partial charge in [-0.1, -0.05) is 11.8 Å². The van der Waals surface area contributed by atoms with Crippen molar-refractivity contribution >= 4 is 11.6 Å².